The highest BCUT2D eigenvalue weighted by molar-refractivity contribution is 7.09. The Kier molecular flexibility index (Phi) is 8.62. The molecule has 12 heteroatoms. The van der Waals surface area contributed by atoms with E-state index >= 15 is 0 Å². The second-order valence-electron chi connectivity index (χ2n) is 8.56. The molecule has 0 aromatic carbocycles. The molecule has 11 nitrogen and oxygen atoms in total. The molecule has 0 unspecified atom stereocenters. The van der Waals surface area contributed by atoms with Crippen molar-refractivity contribution in [1.29, 1.82) is 0 Å². The van der Waals surface area contributed by atoms with Gasteiger partial charge in [0.1, 0.15) is 0 Å². The van der Waals surface area contributed by atoms with Crippen molar-refractivity contribution in [1.82, 2.24) is 19.8 Å². The van der Waals surface area contributed by atoms with Gasteiger partial charge in [-0.1, -0.05) is 6.07 Å². The van der Waals surface area contributed by atoms with Crippen molar-refractivity contribution in [3.8, 4) is 0 Å². The first-order valence-corrected chi connectivity index (χ1v) is 12.2. The van der Waals surface area contributed by atoms with Crippen LogP contribution in [-0.2, 0) is 45.6 Å². The normalized spacial score (nSPS) is 16.1. The summed E-state index contributed by atoms with van der Waals surface area (Å²) in [4.78, 5) is 51.3. The topological polar surface area (TPSA) is 151 Å². The molecule has 0 bridgehead atoms. The number of thiophene rings is 1. The SMILES string of the molecule is COC1(CC(=O)N2CCc3nc(C(=O)NCc4cccs4)n(C)c3CC2)CCC1.O=C(O)C(=O)O. The number of carbonyl (C=O) groups excluding carboxylic acids is 2. The maximum absolute atomic E-state index is 12.8. The molecule has 1 aliphatic carbocycles. The molecule has 1 fully saturated rings. The first-order chi connectivity index (χ1) is 16.7. The van der Waals surface area contributed by atoms with Crippen LogP contribution in [0.1, 0.15) is 52.6 Å². The van der Waals surface area contributed by atoms with Crippen LogP contribution >= 0.6 is 11.3 Å². The molecule has 1 aliphatic heterocycles. The van der Waals surface area contributed by atoms with E-state index in [2.05, 4.69) is 10.3 Å². The molecular formula is C23H30N4O7S. The average Bonchev–Trinajstić information content (AvgIpc) is 3.37. The van der Waals surface area contributed by atoms with Gasteiger partial charge in [0.25, 0.3) is 5.91 Å². The van der Waals surface area contributed by atoms with Crippen LogP contribution in [0.5, 0.6) is 0 Å². The van der Waals surface area contributed by atoms with E-state index in [1.54, 1.807) is 18.4 Å². The Bertz CT molecular complexity index is 1060. The van der Waals surface area contributed by atoms with E-state index < -0.39 is 11.9 Å². The molecule has 1 saturated carbocycles. The van der Waals surface area contributed by atoms with Crippen LogP contribution < -0.4 is 5.32 Å². The first kappa shape index (κ1) is 26.4. The standard InChI is InChI=1S/C21H28N4O3S.C2H2O4/c1-24-17-7-11-25(18(26)13-21(28-2)8-4-9-21)10-6-16(17)23-19(24)20(27)22-14-15-5-3-12-29-15;3-1(4)2(5)6/h3,5,12H,4,6-11,13-14H2,1-2H3,(H,22,27);(H,3,4)(H,5,6). The highest BCUT2D eigenvalue weighted by atomic mass is 32.1. The van der Waals surface area contributed by atoms with Gasteiger partial charge in [0.05, 0.1) is 24.3 Å². The van der Waals surface area contributed by atoms with Gasteiger partial charge >= 0.3 is 11.9 Å². The van der Waals surface area contributed by atoms with Gasteiger partial charge in [-0.15, -0.1) is 11.3 Å². The third kappa shape index (κ3) is 6.45. The number of carbonyl (C=O) groups is 4. The average molecular weight is 507 g/mol. The fraction of sp³-hybridized carbons (Fsp3) is 0.522. The number of carboxylic acid groups (broad SMARTS) is 2. The number of hydrogen-bond donors (Lipinski definition) is 3. The lowest BCUT2D eigenvalue weighted by Gasteiger charge is -2.41. The van der Waals surface area contributed by atoms with Crippen LogP contribution in [0.15, 0.2) is 17.5 Å². The number of nitrogens with one attached hydrogen (secondary N) is 1. The zero-order chi connectivity index (χ0) is 25.6. The summed E-state index contributed by atoms with van der Waals surface area (Å²) in [6.07, 6.45) is 4.91. The number of amides is 2. The maximum atomic E-state index is 12.8. The molecule has 0 spiro atoms. The van der Waals surface area contributed by atoms with Crippen molar-refractivity contribution in [3.05, 3.63) is 39.6 Å². The van der Waals surface area contributed by atoms with E-state index in [1.807, 2.05) is 34.0 Å². The van der Waals surface area contributed by atoms with E-state index in [0.717, 1.165) is 35.5 Å². The highest BCUT2D eigenvalue weighted by Crippen LogP contribution is 2.38. The molecule has 190 valence electrons. The number of carboxylic acids is 2. The smallest absolute Gasteiger partial charge is 0.414 e. The molecule has 2 aliphatic rings. The van der Waals surface area contributed by atoms with Crippen molar-refractivity contribution >= 4 is 35.1 Å². The number of nitrogens with zero attached hydrogens (tertiary/aromatic N) is 3. The first-order valence-electron chi connectivity index (χ1n) is 11.3. The third-order valence-corrected chi connectivity index (χ3v) is 7.32. The minimum absolute atomic E-state index is 0.158. The summed E-state index contributed by atoms with van der Waals surface area (Å²) in [5.74, 6) is -3.20. The summed E-state index contributed by atoms with van der Waals surface area (Å²) in [7, 11) is 3.59. The Labute approximate surface area is 206 Å². The van der Waals surface area contributed by atoms with Gasteiger partial charge in [0.2, 0.25) is 5.91 Å². The van der Waals surface area contributed by atoms with Crippen LogP contribution in [0.25, 0.3) is 0 Å². The van der Waals surface area contributed by atoms with Crippen molar-refractivity contribution < 1.29 is 34.1 Å². The van der Waals surface area contributed by atoms with Gasteiger partial charge in [-0.2, -0.15) is 0 Å². The van der Waals surface area contributed by atoms with Crippen LogP contribution in [-0.4, -0.2) is 74.2 Å². The Morgan fingerprint density at radius 1 is 1.17 bits per heavy atom. The number of fused-ring (bicyclic) bond motifs is 1. The zero-order valence-electron chi connectivity index (χ0n) is 19.8. The highest BCUT2D eigenvalue weighted by Gasteiger charge is 2.40. The molecule has 4 rings (SSSR count). The van der Waals surface area contributed by atoms with Crippen molar-refractivity contribution in [3.63, 3.8) is 0 Å². The number of hydrogen-bond acceptors (Lipinski definition) is 7. The zero-order valence-corrected chi connectivity index (χ0v) is 20.6. The fourth-order valence-electron chi connectivity index (χ4n) is 4.22. The summed E-state index contributed by atoms with van der Waals surface area (Å²) in [6.45, 7) is 1.80. The second kappa shape index (κ2) is 11.5. The summed E-state index contributed by atoms with van der Waals surface area (Å²) < 4.78 is 7.50. The van der Waals surface area contributed by atoms with E-state index in [4.69, 9.17) is 24.5 Å². The van der Waals surface area contributed by atoms with Crippen LogP contribution in [0.2, 0.25) is 0 Å². The lowest BCUT2D eigenvalue weighted by Crippen LogP contribution is -2.45. The van der Waals surface area contributed by atoms with Gasteiger partial charge in [-0.3, -0.25) is 9.59 Å². The number of aliphatic carboxylic acids is 2. The summed E-state index contributed by atoms with van der Waals surface area (Å²) in [5, 5.41) is 19.7. The van der Waals surface area contributed by atoms with Crippen molar-refractivity contribution in [2.24, 2.45) is 7.05 Å². The second-order valence-corrected chi connectivity index (χ2v) is 9.59. The molecule has 2 aromatic rings. The largest absolute Gasteiger partial charge is 0.473 e. The van der Waals surface area contributed by atoms with Gasteiger partial charge in [0, 0.05) is 50.7 Å². The molecule has 0 radical (unpaired) electrons. The Hall–Kier alpha value is -3.25. The monoisotopic (exact) mass is 506 g/mol. The molecule has 3 heterocycles. The third-order valence-electron chi connectivity index (χ3n) is 6.45. The van der Waals surface area contributed by atoms with Gasteiger partial charge in [-0.05, 0) is 30.7 Å². The summed E-state index contributed by atoms with van der Waals surface area (Å²) in [6, 6.07) is 3.98. The lowest BCUT2D eigenvalue weighted by molar-refractivity contribution is -0.159. The molecule has 35 heavy (non-hydrogen) atoms. The van der Waals surface area contributed by atoms with E-state index in [-0.39, 0.29) is 17.4 Å². The molecule has 3 N–H and O–H groups in total. The summed E-state index contributed by atoms with van der Waals surface area (Å²) >= 11 is 1.62. The van der Waals surface area contributed by atoms with E-state index in [0.29, 0.717) is 44.7 Å². The quantitative estimate of drug-likeness (QED) is 0.498. The maximum Gasteiger partial charge on any atom is 0.414 e. The lowest BCUT2D eigenvalue weighted by atomic mass is 9.77. The number of rotatable bonds is 6. The minimum Gasteiger partial charge on any atom is -0.473 e. The van der Waals surface area contributed by atoms with Crippen molar-refractivity contribution in [2.45, 2.75) is 50.7 Å². The van der Waals surface area contributed by atoms with Gasteiger partial charge in [0.15, 0.2) is 5.82 Å². The van der Waals surface area contributed by atoms with E-state index in [9.17, 15) is 9.59 Å². The number of methoxy groups -OCH3 is 1. The fourth-order valence-corrected chi connectivity index (χ4v) is 4.86. The van der Waals surface area contributed by atoms with E-state index in [1.165, 1.54) is 0 Å². The van der Waals surface area contributed by atoms with Crippen LogP contribution in [0.4, 0.5) is 0 Å². The van der Waals surface area contributed by atoms with Crippen molar-refractivity contribution in [2.75, 3.05) is 20.2 Å². The number of imidazole rings is 1. The number of aromatic nitrogens is 2. The molecule has 2 amide bonds. The summed E-state index contributed by atoms with van der Waals surface area (Å²) in [5.41, 5.74) is 1.73. The Balaban J connectivity index is 0.000000509. The molecular weight excluding hydrogens is 476 g/mol. The number of ether oxygens (including phenoxy) is 1. The van der Waals surface area contributed by atoms with Gasteiger partial charge in [-0.25, -0.2) is 14.6 Å². The predicted molar refractivity (Wildman–Crippen MR) is 126 cm³/mol. The molecule has 0 atom stereocenters. The Morgan fingerprint density at radius 3 is 2.40 bits per heavy atom. The Morgan fingerprint density at radius 2 is 1.86 bits per heavy atom. The minimum atomic E-state index is -1.82. The predicted octanol–water partition coefficient (Wildman–Crippen LogP) is 1.45. The molecule has 0 saturated heterocycles. The van der Waals surface area contributed by atoms with Gasteiger partial charge < -0.3 is 29.7 Å². The van der Waals surface area contributed by atoms with Crippen LogP contribution in [0, 0.1) is 0 Å². The van der Waals surface area contributed by atoms with Crippen LogP contribution in [0.3, 0.4) is 0 Å². The molecule has 2 aromatic heterocycles.